The van der Waals surface area contributed by atoms with Gasteiger partial charge < -0.3 is 10.6 Å². The van der Waals surface area contributed by atoms with Crippen LogP contribution in [0.4, 0.5) is 5.69 Å². The number of carbonyl (C=O) groups excluding carboxylic acids is 1. The number of aromatic nitrogens is 6. The predicted molar refractivity (Wildman–Crippen MR) is 95.2 cm³/mol. The van der Waals surface area contributed by atoms with Gasteiger partial charge >= 0.3 is 0 Å². The van der Waals surface area contributed by atoms with Gasteiger partial charge in [0.2, 0.25) is 0 Å². The van der Waals surface area contributed by atoms with E-state index in [1.807, 2.05) is 35.9 Å². The molecule has 26 heavy (non-hydrogen) atoms. The zero-order valence-electron chi connectivity index (χ0n) is 14.5. The van der Waals surface area contributed by atoms with Gasteiger partial charge in [0.1, 0.15) is 0 Å². The molecule has 1 amide bonds. The standard InChI is InChI=1S/C17H20N8O/c1-12-16(21-23-25(12)15-6-8-18-9-7-15)17(26)20-13-2-4-14(5-3-13)24-11-10-19-22-24/h2-5,10-11,15,18H,6-9H2,1H3,(H,20,26). The summed E-state index contributed by atoms with van der Waals surface area (Å²) >= 11 is 0. The van der Waals surface area contributed by atoms with Crippen LogP contribution in [-0.2, 0) is 0 Å². The normalized spacial score (nSPS) is 15.1. The quantitative estimate of drug-likeness (QED) is 0.735. The van der Waals surface area contributed by atoms with Gasteiger partial charge in [0.05, 0.1) is 29.8 Å². The maximum absolute atomic E-state index is 12.6. The first-order chi connectivity index (χ1) is 12.7. The number of hydrogen-bond acceptors (Lipinski definition) is 6. The number of benzene rings is 1. The minimum atomic E-state index is -0.254. The zero-order valence-corrected chi connectivity index (χ0v) is 14.5. The molecular weight excluding hydrogens is 332 g/mol. The van der Waals surface area contributed by atoms with Crippen LogP contribution in [0.3, 0.4) is 0 Å². The van der Waals surface area contributed by atoms with Gasteiger partial charge in [0.25, 0.3) is 5.91 Å². The number of rotatable bonds is 4. The lowest BCUT2D eigenvalue weighted by Crippen LogP contribution is -2.30. The van der Waals surface area contributed by atoms with Crippen molar-refractivity contribution in [3.63, 3.8) is 0 Å². The van der Waals surface area contributed by atoms with Crippen LogP contribution in [0, 0.1) is 6.92 Å². The minimum Gasteiger partial charge on any atom is -0.321 e. The van der Waals surface area contributed by atoms with E-state index < -0.39 is 0 Å². The molecule has 1 aliphatic heterocycles. The summed E-state index contributed by atoms with van der Waals surface area (Å²) < 4.78 is 3.53. The van der Waals surface area contributed by atoms with Gasteiger partial charge in [-0.1, -0.05) is 10.4 Å². The number of hydrogen-bond donors (Lipinski definition) is 2. The van der Waals surface area contributed by atoms with Gasteiger partial charge in [-0.25, -0.2) is 9.36 Å². The van der Waals surface area contributed by atoms with Crippen LogP contribution in [0.5, 0.6) is 0 Å². The van der Waals surface area contributed by atoms with Gasteiger partial charge in [-0.2, -0.15) is 0 Å². The highest BCUT2D eigenvalue weighted by Gasteiger charge is 2.22. The monoisotopic (exact) mass is 352 g/mol. The van der Waals surface area contributed by atoms with Crippen LogP contribution in [0.2, 0.25) is 0 Å². The third-order valence-electron chi connectivity index (χ3n) is 4.61. The third kappa shape index (κ3) is 3.21. The Labute approximate surface area is 150 Å². The summed E-state index contributed by atoms with van der Waals surface area (Å²) in [5, 5.41) is 22.2. The van der Waals surface area contributed by atoms with Crippen molar-refractivity contribution in [2.75, 3.05) is 18.4 Å². The maximum Gasteiger partial charge on any atom is 0.278 e. The van der Waals surface area contributed by atoms with Crippen molar-refractivity contribution in [3.05, 3.63) is 48.0 Å². The molecule has 1 saturated heterocycles. The molecule has 3 aromatic rings. The first kappa shape index (κ1) is 16.4. The van der Waals surface area contributed by atoms with Crippen LogP contribution >= 0.6 is 0 Å². The van der Waals surface area contributed by atoms with Crippen molar-refractivity contribution >= 4 is 11.6 Å². The molecule has 0 bridgehead atoms. The number of piperidine rings is 1. The molecule has 0 radical (unpaired) electrons. The Balaban J connectivity index is 1.47. The number of amides is 1. The SMILES string of the molecule is Cc1c(C(=O)Nc2ccc(-n3ccnn3)cc2)nnn1C1CCNCC1. The van der Waals surface area contributed by atoms with Crippen molar-refractivity contribution in [1.82, 2.24) is 35.3 Å². The van der Waals surface area contributed by atoms with Crippen molar-refractivity contribution in [2.24, 2.45) is 0 Å². The summed E-state index contributed by atoms with van der Waals surface area (Å²) in [6, 6.07) is 7.67. The van der Waals surface area contributed by atoms with E-state index >= 15 is 0 Å². The van der Waals surface area contributed by atoms with Crippen LogP contribution in [0.15, 0.2) is 36.7 Å². The number of carbonyl (C=O) groups is 1. The Morgan fingerprint density at radius 3 is 2.65 bits per heavy atom. The van der Waals surface area contributed by atoms with Crippen LogP contribution < -0.4 is 10.6 Å². The molecule has 0 atom stereocenters. The lowest BCUT2D eigenvalue weighted by Gasteiger charge is -2.23. The Morgan fingerprint density at radius 1 is 1.19 bits per heavy atom. The Kier molecular flexibility index (Phi) is 4.44. The highest BCUT2D eigenvalue weighted by molar-refractivity contribution is 6.03. The molecule has 0 spiro atoms. The van der Waals surface area contributed by atoms with Crippen LogP contribution in [0.25, 0.3) is 5.69 Å². The minimum absolute atomic E-state index is 0.254. The van der Waals surface area contributed by atoms with E-state index in [0.29, 0.717) is 17.4 Å². The second-order valence-electron chi connectivity index (χ2n) is 6.30. The smallest absolute Gasteiger partial charge is 0.278 e. The van der Waals surface area contributed by atoms with Crippen molar-refractivity contribution in [2.45, 2.75) is 25.8 Å². The molecule has 0 saturated carbocycles. The summed E-state index contributed by atoms with van der Waals surface area (Å²) in [5.74, 6) is -0.254. The molecule has 0 aliphatic carbocycles. The van der Waals surface area contributed by atoms with Gasteiger partial charge in [0, 0.05) is 5.69 Å². The molecule has 2 N–H and O–H groups in total. The molecule has 9 heteroatoms. The van der Waals surface area contributed by atoms with Crippen molar-refractivity contribution in [3.8, 4) is 5.69 Å². The van der Waals surface area contributed by atoms with E-state index in [-0.39, 0.29) is 5.91 Å². The lowest BCUT2D eigenvalue weighted by atomic mass is 10.1. The van der Waals surface area contributed by atoms with Crippen molar-refractivity contribution < 1.29 is 4.79 Å². The Morgan fingerprint density at radius 2 is 1.96 bits per heavy atom. The van der Waals surface area contributed by atoms with E-state index in [2.05, 4.69) is 31.3 Å². The van der Waals surface area contributed by atoms with E-state index in [1.54, 1.807) is 17.1 Å². The molecular formula is C17H20N8O. The van der Waals surface area contributed by atoms with E-state index in [1.165, 1.54) is 0 Å². The molecule has 4 rings (SSSR count). The largest absolute Gasteiger partial charge is 0.321 e. The molecule has 134 valence electrons. The summed E-state index contributed by atoms with van der Waals surface area (Å²) in [6.07, 6.45) is 5.37. The Bertz CT molecular complexity index is 878. The highest BCUT2D eigenvalue weighted by atomic mass is 16.2. The molecule has 9 nitrogen and oxygen atoms in total. The highest BCUT2D eigenvalue weighted by Crippen LogP contribution is 2.21. The first-order valence-electron chi connectivity index (χ1n) is 8.63. The van der Waals surface area contributed by atoms with Gasteiger partial charge in [-0.3, -0.25) is 4.79 Å². The summed E-state index contributed by atoms with van der Waals surface area (Å²) in [6.45, 7) is 3.82. The second-order valence-corrected chi connectivity index (χ2v) is 6.30. The predicted octanol–water partition coefficient (Wildman–Crippen LogP) is 1.34. The summed E-state index contributed by atoms with van der Waals surface area (Å²) in [7, 11) is 0. The van der Waals surface area contributed by atoms with Gasteiger partial charge in [-0.05, 0) is 57.1 Å². The number of anilines is 1. The van der Waals surface area contributed by atoms with Crippen molar-refractivity contribution in [1.29, 1.82) is 0 Å². The summed E-state index contributed by atoms with van der Waals surface area (Å²) in [5.41, 5.74) is 2.72. The average molecular weight is 352 g/mol. The fourth-order valence-electron chi connectivity index (χ4n) is 3.18. The fourth-order valence-corrected chi connectivity index (χ4v) is 3.18. The fraction of sp³-hybridized carbons (Fsp3) is 0.353. The third-order valence-corrected chi connectivity index (χ3v) is 4.61. The Hall–Kier alpha value is -3.07. The van der Waals surface area contributed by atoms with Gasteiger partial charge in [0.15, 0.2) is 5.69 Å². The van der Waals surface area contributed by atoms with E-state index in [0.717, 1.165) is 37.3 Å². The molecule has 1 aromatic carbocycles. The second kappa shape index (κ2) is 7.04. The van der Waals surface area contributed by atoms with Crippen LogP contribution in [-0.4, -0.2) is 49.0 Å². The van der Waals surface area contributed by atoms with Gasteiger partial charge in [-0.15, -0.1) is 10.2 Å². The number of nitrogens with one attached hydrogen (secondary N) is 2. The van der Waals surface area contributed by atoms with E-state index in [9.17, 15) is 4.79 Å². The maximum atomic E-state index is 12.6. The average Bonchev–Trinajstić information content (AvgIpc) is 3.33. The topological polar surface area (TPSA) is 103 Å². The molecule has 1 aliphatic rings. The van der Waals surface area contributed by atoms with Crippen LogP contribution in [0.1, 0.15) is 35.1 Å². The molecule has 2 aromatic heterocycles. The lowest BCUT2D eigenvalue weighted by molar-refractivity contribution is 0.102. The van der Waals surface area contributed by atoms with E-state index in [4.69, 9.17) is 0 Å². The number of nitrogens with zero attached hydrogens (tertiary/aromatic N) is 6. The molecule has 1 fully saturated rings. The first-order valence-corrected chi connectivity index (χ1v) is 8.63. The molecule has 3 heterocycles. The molecule has 0 unspecified atom stereocenters. The zero-order chi connectivity index (χ0) is 17.9. The summed E-state index contributed by atoms with van der Waals surface area (Å²) in [4.78, 5) is 12.6.